The van der Waals surface area contributed by atoms with Crippen LogP contribution in [0.15, 0.2) is 59.4 Å². The van der Waals surface area contributed by atoms with Gasteiger partial charge < -0.3 is 10.1 Å². The second-order valence-corrected chi connectivity index (χ2v) is 5.81. The number of hydrogen-bond donors (Lipinski definition) is 1. The van der Waals surface area contributed by atoms with Gasteiger partial charge >= 0.3 is 0 Å². The highest BCUT2D eigenvalue weighted by atomic mass is 16.5. The minimum Gasteiger partial charge on any atom is -0.377 e. The van der Waals surface area contributed by atoms with Crippen molar-refractivity contribution in [1.29, 1.82) is 0 Å². The van der Waals surface area contributed by atoms with Crippen LogP contribution in [-0.2, 0) is 22.7 Å². The van der Waals surface area contributed by atoms with Crippen molar-refractivity contribution in [1.82, 2.24) is 20.3 Å². The number of aromatic nitrogens is 3. The van der Waals surface area contributed by atoms with Crippen LogP contribution in [0.2, 0.25) is 0 Å². The molecule has 7 nitrogen and oxygen atoms in total. The first-order valence-corrected chi connectivity index (χ1v) is 8.45. The largest absolute Gasteiger partial charge is 0.377 e. The van der Waals surface area contributed by atoms with Crippen LogP contribution in [0.4, 0.5) is 0 Å². The molecule has 0 unspecified atom stereocenters. The number of nitrogens with one attached hydrogen (secondary N) is 1. The molecule has 1 N–H and O–H groups in total. The zero-order valence-electron chi connectivity index (χ0n) is 14.3. The Labute approximate surface area is 150 Å². The van der Waals surface area contributed by atoms with Crippen molar-refractivity contribution in [3.8, 4) is 0 Å². The molecule has 0 spiro atoms. The molecule has 1 amide bonds. The second kappa shape index (κ2) is 8.87. The molecule has 2 aromatic carbocycles. The summed E-state index contributed by atoms with van der Waals surface area (Å²) >= 11 is 0. The van der Waals surface area contributed by atoms with Gasteiger partial charge in [-0.2, -0.15) is 0 Å². The normalized spacial score (nSPS) is 10.8. The molecule has 7 heteroatoms. The molecule has 0 radical (unpaired) electrons. The molecule has 0 atom stereocenters. The average Bonchev–Trinajstić information content (AvgIpc) is 2.68. The summed E-state index contributed by atoms with van der Waals surface area (Å²) in [6.45, 7) is 1.42. The van der Waals surface area contributed by atoms with Gasteiger partial charge in [-0.1, -0.05) is 47.7 Å². The van der Waals surface area contributed by atoms with Gasteiger partial charge in [0.05, 0.1) is 12.0 Å². The van der Waals surface area contributed by atoms with E-state index >= 15 is 0 Å². The van der Waals surface area contributed by atoms with Gasteiger partial charge in [-0.15, -0.1) is 5.10 Å². The average molecular weight is 352 g/mol. The predicted molar refractivity (Wildman–Crippen MR) is 97.5 cm³/mol. The Morgan fingerprint density at radius 1 is 1.08 bits per heavy atom. The zero-order chi connectivity index (χ0) is 18.2. The summed E-state index contributed by atoms with van der Waals surface area (Å²) in [6.07, 6.45) is 0.691. The van der Waals surface area contributed by atoms with Crippen LogP contribution in [-0.4, -0.2) is 34.1 Å². The van der Waals surface area contributed by atoms with Crippen molar-refractivity contribution >= 4 is 16.8 Å². The van der Waals surface area contributed by atoms with E-state index in [1.54, 1.807) is 24.3 Å². The minimum absolute atomic E-state index is 0.151. The molecule has 1 heterocycles. The molecular formula is C19H20N4O3. The van der Waals surface area contributed by atoms with Crippen LogP contribution >= 0.6 is 0 Å². The quantitative estimate of drug-likeness (QED) is 0.621. The Morgan fingerprint density at radius 3 is 2.69 bits per heavy atom. The molecule has 0 saturated heterocycles. The lowest BCUT2D eigenvalue weighted by Crippen LogP contribution is -2.34. The lowest BCUT2D eigenvalue weighted by atomic mass is 10.2. The van der Waals surface area contributed by atoms with E-state index < -0.39 is 0 Å². The number of fused-ring (bicyclic) bond motifs is 1. The molecule has 3 rings (SSSR count). The number of nitrogens with zero attached hydrogens (tertiary/aromatic N) is 3. The van der Waals surface area contributed by atoms with Gasteiger partial charge in [0.2, 0.25) is 5.91 Å². The van der Waals surface area contributed by atoms with E-state index in [0.717, 1.165) is 10.2 Å². The highest BCUT2D eigenvalue weighted by molar-refractivity contribution is 5.78. The molecule has 0 aliphatic carbocycles. The van der Waals surface area contributed by atoms with Crippen LogP contribution in [0, 0.1) is 0 Å². The smallest absolute Gasteiger partial charge is 0.278 e. The van der Waals surface area contributed by atoms with E-state index in [-0.39, 0.29) is 18.0 Å². The molecular weight excluding hydrogens is 332 g/mol. The van der Waals surface area contributed by atoms with E-state index in [2.05, 4.69) is 15.6 Å². The molecule has 0 saturated carbocycles. The third-order valence-electron chi connectivity index (χ3n) is 3.82. The fraction of sp³-hybridized carbons (Fsp3) is 0.263. The molecule has 134 valence electrons. The Bertz CT molecular complexity index is 925. The van der Waals surface area contributed by atoms with Gasteiger partial charge in [0.15, 0.2) is 0 Å². The second-order valence-electron chi connectivity index (χ2n) is 5.81. The minimum atomic E-state index is -0.322. The summed E-state index contributed by atoms with van der Waals surface area (Å²) < 4.78 is 6.63. The molecule has 0 bridgehead atoms. The molecule has 3 aromatic rings. The zero-order valence-corrected chi connectivity index (χ0v) is 14.3. The first-order chi connectivity index (χ1) is 12.7. The van der Waals surface area contributed by atoms with E-state index in [9.17, 15) is 9.59 Å². The van der Waals surface area contributed by atoms with Crippen LogP contribution in [0.25, 0.3) is 10.9 Å². The fourth-order valence-corrected chi connectivity index (χ4v) is 2.49. The Morgan fingerprint density at radius 2 is 1.85 bits per heavy atom. The van der Waals surface area contributed by atoms with Gasteiger partial charge in [0, 0.05) is 13.2 Å². The molecule has 0 aliphatic heterocycles. The number of carbonyl (C=O) groups is 1. The van der Waals surface area contributed by atoms with E-state index in [1.165, 1.54) is 0 Å². The third kappa shape index (κ3) is 4.73. The topological polar surface area (TPSA) is 86.1 Å². The van der Waals surface area contributed by atoms with Crippen molar-refractivity contribution < 1.29 is 9.53 Å². The first-order valence-electron chi connectivity index (χ1n) is 8.45. The number of carbonyl (C=O) groups excluding carboxylic acids is 1. The highest BCUT2D eigenvalue weighted by Gasteiger charge is 2.08. The summed E-state index contributed by atoms with van der Waals surface area (Å²) in [6, 6.07) is 16.8. The summed E-state index contributed by atoms with van der Waals surface area (Å²) in [5.41, 5.74) is 1.31. The van der Waals surface area contributed by atoms with Crippen molar-refractivity contribution in [3.05, 3.63) is 70.5 Å². The van der Waals surface area contributed by atoms with Crippen molar-refractivity contribution in [2.24, 2.45) is 0 Å². The summed E-state index contributed by atoms with van der Waals surface area (Å²) in [5.74, 6) is -0.278. The maximum atomic E-state index is 12.3. The van der Waals surface area contributed by atoms with E-state index in [0.29, 0.717) is 37.1 Å². The molecule has 1 aromatic heterocycles. The van der Waals surface area contributed by atoms with Crippen LogP contribution in [0.3, 0.4) is 0 Å². The fourth-order valence-electron chi connectivity index (χ4n) is 2.49. The van der Waals surface area contributed by atoms with Gasteiger partial charge in [-0.25, -0.2) is 4.68 Å². The predicted octanol–water partition coefficient (Wildman–Crippen LogP) is 1.51. The number of benzene rings is 2. The number of ether oxygens (including phenoxy) is 1. The van der Waals surface area contributed by atoms with Gasteiger partial charge in [-0.3, -0.25) is 9.59 Å². The van der Waals surface area contributed by atoms with Crippen molar-refractivity contribution in [2.75, 3.05) is 13.2 Å². The van der Waals surface area contributed by atoms with E-state index in [4.69, 9.17) is 4.74 Å². The van der Waals surface area contributed by atoms with Crippen molar-refractivity contribution in [3.63, 3.8) is 0 Å². The molecule has 26 heavy (non-hydrogen) atoms. The van der Waals surface area contributed by atoms with Gasteiger partial charge in [-0.05, 0) is 24.1 Å². The number of amides is 1. The molecule has 0 aliphatic rings. The summed E-state index contributed by atoms with van der Waals surface area (Å²) in [7, 11) is 0. The lowest BCUT2D eigenvalue weighted by molar-refractivity contribution is -0.122. The Balaban J connectivity index is 1.40. The van der Waals surface area contributed by atoms with Crippen LogP contribution in [0.5, 0.6) is 0 Å². The number of rotatable bonds is 8. The first kappa shape index (κ1) is 17.8. The SMILES string of the molecule is O=C(Cn1nnc2ccccc2c1=O)NCCCOCc1ccccc1. The summed E-state index contributed by atoms with van der Waals surface area (Å²) in [4.78, 5) is 24.2. The van der Waals surface area contributed by atoms with E-state index in [1.807, 2.05) is 30.3 Å². The monoisotopic (exact) mass is 352 g/mol. The number of hydrogen-bond acceptors (Lipinski definition) is 5. The van der Waals surface area contributed by atoms with Crippen LogP contribution in [0.1, 0.15) is 12.0 Å². The highest BCUT2D eigenvalue weighted by Crippen LogP contribution is 2.03. The Kier molecular flexibility index (Phi) is 6.05. The van der Waals surface area contributed by atoms with Crippen molar-refractivity contribution in [2.45, 2.75) is 19.6 Å². The lowest BCUT2D eigenvalue weighted by Gasteiger charge is -2.07. The van der Waals surface area contributed by atoms with Gasteiger partial charge in [0.25, 0.3) is 5.56 Å². The summed E-state index contributed by atoms with van der Waals surface area (Å²) in [5, 5.41) is 11.0. The van der Waals surface area contributed by atoms with Crippen LogP contribution < -0.4 is 10.9 Å². The third-order valence-corrected chi connectivity index (χ3v) is 3.82. The maximum Gasteiger partial charge on any atom is 0.278 e. The van der Waals surface area contributed by atoms with Gasteiger partial charge in [0.1, 0.15) is 12.1 Å². The molecule has 0 fully saturated rings. The Hall–Kier alpha value is -3.06. The standard InChI is InChI=1S/C19H20N4O3/c24-18(20-11-6-12-26-14-15-7-2-1-3-8-15)13-23-19(25)16-9-4-5-10-17(16)21-22-23/h1-5,7-10H,6,11-14H2,(H,20,24). The maximum absolute atomic E-state index is 12.3.